The Bertz CT molecular complexity index is 1090. The van der Waals surface area contributed by atoms with Crippen LogP contribution in [0.5, 0.6) is 11.5 Å². The zero-order chi connectivity index (χ0) is 25.8. The van der Waals surface area contributed by atoms with Crippen molar-refractivity contribution in [2.24, 2.45) is 5.92 Å². The molecular weight excluding hydrogens is 474 g/mol. The lowest BCUT2D eigenvalue weighted by Gasteiger charge is -2.36. The Kier molecular flexibility index (Phi) is 7.73. The molecule has 10 nitrogen and oxygen atoms in total. The number of ether oxygens (including phenoxy) is 3. The Hall–Kier alpha value is -3.40. The van der Waals surface area contributed by atoms with Crippen LogP contribution in [0.1, 0.15) is 25.7 Å². The van der Waals surface area contributed by atoms with Crippen LogP contribution in [0.25, 0.3) is 11.3 Å². The van der Waals surface area contributed by atoms with Gasteiger partial charge in [-0.3, -0.25) is 9.59 Å². The van der Waals surface area contributed by atoms with Gasteiger partial charge in [0.15, 0.2) is 17.3 Å². The van der Waals surface area contributed by atoms with E-state index in [4.69, 9.17) is 14.2 Å². The Morgan fingerprint density at radius 1 is 1.00 bits per heavy atom. The predicted molar refractivity (Wildman–Crippen MR) is 138 cm³/mol. The van der Waals surface area contributed by atoms with Crippen molar-refractivity contribution in [1.82, 2.24) is 20.0 Å². The third-order valence-electron chi connectivity index (χ3n) is 7.30. The summed E-state index contributed by atoms with van der Waals surface area (Å²) in [7, 11) is 3.21. The lowest BCUT2D eigenvalue weighted by atomic mass is 10.1. The molecule has 3 fully saturated rings. The van der Waals surface area contributed by atoms with Crippen molar-refractivity contribution in [3.63, 3.8) is 0 Å². The van der Waals surface area contributed by atoms with Gasteiger partial charge >= 0.3 is 0 Å². The second kappa shape index (κ2) is 11.3. The molecule has 0 radical (unpaired) electrons. The Labute approximate surface area is 217 Å². The van der Waals surface area contributed by atoms with Crippen molar-refractivity contribution < 1.29 is 23.8 Å². The van der Waals surface area contributed by atoms with E-state index in [-0.39, 0.29) is 30.4 Å². The van der Waals surface area contributed by atoms with E-state index in [1.165, 1.54) is 0 Å². The third-order valence-corrected chi connectivity index (χ3v) is 7.30. The summed E-state index contributed by atoms with van der Waals surface area (Å²) in [5.74, 6) is 2.27. The highest BCUT2D eigenvalue weighted by atomic mass is 16.5. The fourth-order valence-electron chi connectivity index (χ4n) is 4.95. The summed E-state index contributed by atoms with van der Waals surface area (Å²) >= 11 is 0. The number of amides is 2. The van der Waals surface area contributed by atoms with Gasteiger partial charge in [-0.05, 0) is 56.0 Å². The number of nitrogens with zero attached hydrogens (tertiary/aromatic N) is 5. The van der Waals surface area contributed by atoms with Crippen LogP contribution in [-0.4, -0.2) is 98.0 Å². The van der Waals surface area contributed by atoms with Crippen molar-refractivity contribution in [2.45, 2.75) is 31.8 Å². The highest BCUT2D eigenvalue weighted by molar-refractivity contribution is 5.87. The van der Waals surface area contributed by atoms with Crippen LogP contribution in [0.3, 0.4) is 0 Å². The maximum atomic E-state index is 13.1. The average molecular weight is 510 g/mol. The standard InChI is InChI=1S/C27H35N5O5/c1-35-23-9-7-20(16-24(23)36-2)22-8-10-25(29-28-22)30-11-13-31(14-12-30)26(33)18-32(27(34)19-5-6-19)17-21-4-3-15-37-21/h7-10,16,19,21H,3-6,11-15,17-18H2,1-2H3/t21-/m0/s1. The number of carbonyl (C=O) groups excluding carboxylic acids is 2. The van der Waals surface area contributed by atoms with Crippen LogP contribution >= 0.6 is 0 Å². The maximum Gasteiger partial charge on any atom is 0.242 e. The van der Waals surface area contributed by atoms with Gasteiger partial charge in [-0.1, -0.05) is 0 Å². The van der Waals surface area contributed by atoms with Crippen molar-refractivity contribution in [1.29, 1.82) is 0 Å². The maximum absolute atomic E-state index is 13.1. The van der Waals surface area contributed by atoms with Crippen LogP contribution in [-0.2, 0) is 14.3 Å². The number of anilines is 1. The number of benzene rings is 1. The average Bonchev–Trinajstić information content (AvgIpc) is 3.68. The molecule has 0 spiro atoms. The van der Waals surface area contributed by atoms with E-state index in [1.54, 1.807) is 19.1 Å². The van der Waals surface area contributed by atoms with Crippen molar-refractivity contribution in [2.75, 3.05) is 65.0 Å². The molecule has 2 saturated heterocycles. The number of rotatable bonds is 9. The van der Waals surface area contributed by atoms with Gasteiger partial charge in [0.05, 0.1) is 32.6 Å². The van der Waals surface area contributed by atoms with Crippen LogP contribution in [0.2, 0.25) is 0 Å². The summed E-state index contributed by atoms with van der Waals surface area (Å²) in [5.41, 5.74) is 1.63. The summed E-state index contributed by atoms with van der Waals surface area (Å²) in [6.07, 6.45) is 3.88. The molecule has 10 heteroatoms. The second-order valence-corrected chi connectivity index (χ2v) is 9.84. The van der Waals surface area contributed by atoms with E-state index in [2.05, 4.69) is 15.1 Å². The van der Waals surface area contributed by atoms with Gasteiger partial charge in [-0.15, -0.1) is 10.2 Å². The number of piperazine rings is 1. The first-order valence-corrected chi connectivity index (χ1v) is 13.0. The van der Waals surface area contributed by atoms with E-state index < -0.39 is 0 Å². The number of hydrogen-bond donors (Lipinski definition) is 0. The second-order valence-electron chi connectivity index (χ2n) is 9.84. The number of hydrogen-bond acceptors (Lipinski definition) is 8. The molecule has 5 rings (SSSR count). The van der Waals surface area contributed by atoms with Gasteiger partial charge in [0.1, 0.15) is 0 Å². The van der Waals surface area contributed by atoms with E-state index >= 15 is 0 Å². The summed E-state index contributed by atoms with van der Waals surface area (Å²) in [5, 5.41) is 8.85. The van der Waals surface area contributed by atoms with Gasteiger partial charge in [0.2, 0.25) is 11.8 Å². The summed E-state index contributed by atoms with van der Waals surface area (Å²) in [4.78, 5) is 31.6. The first-order chi connectivity index (χ1) is 18.1. The molecule has 2 aromatic rings. The molecule has 0 unspecified atom stereocenters. The molecule has 2 aliphatic heterocycles. The van der Waals surface area contributed by atoms with E-state index in [0.29, 0.717) is 44.2 Å². The molecule has 1 saturated carbocycles. The first-order valence-electron chi connectivity index (χ1n) is 13.0. The molecule has 2 amide bonds. The van der Waals surface area contributed by atoms with Gasteiger partial charge in [0, 0.05) is 50.8 Å². The molecule has 3 heterocycles. The van der Waals surface area contributed by atoms with Crippen LogP contribution in [0.15, 0.2) is 30.3 Å². The third kappa shape index (κ3) is 5.95. The van der Waals surface area contributed by atoms with Crippen molar-refractivity contribution in [3.05, 3.63) is 30.3 Å². The summed E-state index contributed by atoms with van der Waals surface area (Å²) < 4.78 is 16.4. The largest absolute Gasteiger partial charge is 0.493 e. The molecule has 0 N–H and O–H groups in total. The molecule has 3 aliphatic rings. The quantitative estimate of drug-likeness (QED) is 0.508. The first kappa shape index (κ1) is 25.3. The fraction of sp³-hybridized carbons (Fsp3) is 0.556. The topological polar surface area (TPSA) is 97.3 Å². The molecule has 1 aromatic heterocycles. The highest BCUT2D eigenvalue weighted by Gasteiger charge is 2.36. The molecule has 1 aliphatic carbocycles. The highest BCUT2D eigenvalue weighted by Crippen LogP contribution is 2.32. The number of aromatic nitrogens is 2. The van der Waals surface area contributed by atoms with Gasteiger partial charge in [0.25, 0.3) is 0 Å². The lowest BCUT2D eigenvalue weighted by molar-refractivity contribution is -0.142. The number of methoxy groups -OCH3 is 2. The Balaban J connectivity index is 1.16. The van der Waals surface area contributed by atoms with Crippen LogP contribution in [0, 0.1) is 5.92 Å². The SMILES string of the molecule is COc1ccc(-c2ccc(N3CCN(C(=O)CN(C[C@@H]4CCCO4)C(=O)C4CC4)CC3)nn2)cc1OC. The monoisotopic (exact) mass is 509 g/mol. The minimum absolute atomic E-state index is 0.00142. The van der Waals surface area contributed by atoms with Gasteiger partial charge in [-0.25, -0.2) is 0 Å². The van der Waals surface area contributed by atoms with Crippen LogP contribution < -0.4 is 14.4 Å². The van der Waals surface area contributed by atoms with Gasteiger partial charge < -0.3 is 28.9 Å². The molecule has 0 bridgehead atoms. The molecule has 198 valence electrons. The number of carbonyl (C=O) groups is 2. The van der Waals surface area contributed by atoms with E-state index in [9.17, 15) is 9.59 Å². The van der Waals surface area contributed by atoms with Crippen molar-refractivity contribution in [3.8, 4) is 22.8 Å². The lowest BCUT2D eigenvalue weighted by Crippen LogP contribution is -2.53. The normalized spacial score (nSPS) is 19.6. The zero-order valence-electron chi connectivity index (χ0n) is 21.6. The summed E-state index contributed by atoms with van der Waals surface area (Å²) in [6, 6.07) is 9.54. The molecule has 1 aromatic carbocycles. The summed E-state index contributed by atoms with van der Waals surface area (Å²) in [6.45, 7) is 3.89. The molecular formula is C27H35N5O5. The van der Waals surface area contributed by atoms with Crippen LogP contribution in [0.4, 0.5) is 5.82 Å². The smallest absolute Gasteiger partial charge is 0.242 e. The minimum Gasteiger partial charge on any atom is -0.493 e. The Morgan fingerprint density at radius 3 is 2.41 bits per heavy atom. The molecule has 37 heavy (non-hydrogen) atoms. The van der Waals surface area contributed by atoms with Crippen molar-refractivity contribution >= 4 is 17.6 Å². The zero-order valence-corrected chi connectivity index (χ0v) is 21.6. The minimum atomic E-state index is 0.00142. The predicted octanol–water partition coefficient (Wildman–Crippen LogP) is 2.23. The van der Waals surface area contributed by atoms with Gasteiger partial charge in [-0.2, -0.15) is 0 Å². The van der Waals surface area contributed by atoms with E-state index in [0.717, 1.165) is 49.4 Å². The van der Waals surface area contributed by atoms with E-state index in [1.807, 2.05) is 35.2 Å². The molecule has 1 atom stereocenters. The Morgan fingerprint density at radius 2 is 1.78 bits per heavy atom. The fourth-order valence-corrected chi connectivity index (χ4v) is 4.95.